The predicted molar refractivity (Wildman–Crippen MR) is 76.1 cm³/mol. The molecular weight excluding hydrogens is 242 g/mol. The van der Waals surface area contributed by atoms with Crippen molar-refractivity contribution in [1.82, 2.24) is 5.32 Å². The van der Waals surface area contributed by atoms with Gasteiger partial charge in [-0.25, -0.2) is 0 Å². The fourth-order valence-corrected chi connectivity index (χ4v) is 2.54. The van der Waals surface area contributed by atoms with Gasteiger partial charge in [0.25, 0.3) is 0 Å². The van der Waals surface area contributed by atoms with Crippen molar-refractivity contribution in [3.8, 4) is 0 Å². The summed E-state index contributed by atoms with van der Waals surface area (Å²) in [6, 6.07) is 0.301. The molecule has 0 bridgehead atoms. The van der Waals surface area contributed by atoms with E-state index in [9.17, 15) is 4.79 Å². The summed E-state index contributed by atoms with van der Waals surface area (Å²) in [6.45, 7) is 11.4. The summed E-state index contributed by atoms with van der Waals surface area (Å²) in [5.74, 6) is 0.289. The molecule has 1 aliphatic rings. The Bertz CT molecular complexity index is 293. The maximum Gasteiger partial charge on any atom is 0.326 e. The molecule has 1 heterocycles. The van der Waals surface area contributed by atoms with E-state index in [-0.39, 0.29) is 12.1 Å². The lowest BCUT2D eigenvalue weighted by Crippen LogP contribution is -2.60. The molecule has 3 atom stereocenters. The molecule has 1 N–H and O–H groups in total. The second kappa shape index (κ2) is 7.25. The summed E-state index contributed by atoms with van der Waals surface area (Å²) in [6.07, 6.45) is 2.51. The summed E-state index contributed by atoms with van der Waals surface area (Å²) >= 11 is 0. The van der Waals surface area contributed by atoms with E-state index < -0.39 is 5.54 Å². The first-order valence-electron chi connectivity index (χ1n) is 7.51. The van der Waals surface area contributed by atoms with E-state index in [1.54, 1.807) is 0 Å². The number of rotatable bonds is 6. The Kier molecular flexibility index (Phi) is 6.27. The minimum Gasteiger partial charge on any atom is -0.465 e. The Hall–Kier alpha value is -0.610. The molecule has 0 aromatic carbocycles. The van der Waals surface area contributed by atoms with Crippen LogP contribution in [0.25, 0.3) is 0 Å². The van der Waals surface area contributed by atoms with E-state index in [2.05, 4.69) is 33.0 Å². The van der Waals surface area contributed by atoms with Crippen molar-refractivity contribution in [2.24, 2.45) is 5.92 Å². The van der Waals surface area contributed by atoms with E-state index >= 15 is 0 Å². The molecule has 0 spiro atoms. The first-order valence-corrected chi connectivity index (χ1v) is 7.51. The normalized spacial score (nSPS) is 29.3. The average Bonchev–Trinajstić information content (AvgIpc) is 2.39. The van der Waals surface area contributed by atoms with E-state index in [0.29, 0.717) is 38.0 Å². The standard InChI is InChI=1S/C15H29NO3/c1-6-12(5)16-15(14(17)18-7-2)8-9-19-13(10-15)11(3)4/h11-13,16H,6-10H2,1-5H3. The van der Waals surface area contributed by atoms with Gasteiger partial charge < -0.3 is 9.47 Å². The van der Waals surface area contributed by atoms with Gasteiger partial charge >= 0.3 is 5.97 Å². The van der Waals surface area contributed by atoms with Crippen LogP contribution in [0.15, 0.2) is 0 Å². The molecule has 1 fully saturated rings. The minimum atomic E-state index is -0.571. The van der Waals surface area contributed by atoms with Crippen LogP contribution in [-0.2, 0) is 14.3 Å². The smallest absolute Gasteiger partial charge is 0.326 e. The molecule has 1 saturated heterocycles. The molecule has 112 valence electrons. The van der Waals surface area contributed by atoms with Gasteiger partial charge in [-0.1, -0.05) is 20.8 Å². The molecule has 4 nitrogen and oxygen atoms in total. The van der Waals surface area contributed by atoms with E-state index in [1.807, 2.05) is 6.92 Å². The Morgan fingerprint density at radius 3 is 2.63 bits per heavy atom. The zero-order chi connectivity index (χ0) is 14.5. The molecule has 0 aliphatic carbocycles. The molecule has 3 unspecified atom stereocenters. The highest BCUT2D eigenvalue weighted by Crippen LogP contribution is 2.30. The second-order valence-corrected chi connectivity index (χ2v) is 5.86. The van der Waals surface area contributed by atoms with Crippen LogP contribution in [0.1, 0.15) is 53.9 Å². The van der Waals surface area contributed by atoms with Gasteiger partial charge in [0.15, 0.2) is 0 Å². The topological polar surface area (TPSA) is 47.6 Å². The Labute approximate surface area is 117 Å². The zero-order valence-corrected chi connectivity index (χ0v) is 13.0. The number of esters is 1. The van der Waals surface area contributed by atoms with Crippen molar-refractivity contribution in [1.29, 1.82) is 0 Å². The number of carbonyl (C=O) groups is 1. The Morgan fingerprint density at radius 1 is 1.42 bits per heavy atom. The van der Waals surface area contributed by atoms with Crippen molar-refractivity contribution >= 4 is 5.97 Å². The highest BCUT2D eigenvalue weighted by molar-refractivity contribution is 5.81. The Morgan fingerprint density at radius 2 is 2.11 bits per heavy atom. The van der Waals surface area contributed by atoms with Crippen LogP contribution in [0, 0.1) is 5.92 Å². The summed E-state index contributed by atoms with van der Waals surface area (Å²) in [4.78, 5) is 12.4. The predicted octanol–water partition coefficient (Wildman–Crippen LogP) is 2.51. The van der Waals surface area contributed by atoms with E-state index in [1.165, 1.54) is 0 Å². The van der Waals surface area contributed by atoms with Crippen molar-refractivity contribution in [3.63, 3.8) is 0 Å². The van der Waals surface area contributed by atoms with Crippen molar-refractivity contribution in [2.45, 2.75) is 71.6 Å². The zero-order valence-electron chi connectivity index (χ0n) is 13.0. The van der Waals surface area contributed by atoms with Crippen molar-refractivity contribution in [2.75, 3.05) is 13.2 Å². The lowest BCUT2D eigenvalue weighted by Gasteiger charge is -2.42. The SMILES string of the molecule is CCOC(=O)C1(NC(C)CC)CCOC(C(C)C)C1. The number of hydrogen-bond donors (Lipinski definition) is 1. The van der Waals surface area contributed by atoms with Gasteiger partial charge in [-0.2, -0.15) is 0 Å². The minimum absolute atomic E-state index is 0.120. The highest BCUT2D eigenvalue weighted by atomic mass is 16.5. The number of hydrogen-bond acceptors (Lipinski definition) is 4. The summed E-state index contributed by atoms with van der Waals surface area (Å²) < 4.78 is 11.1. The van der Waals surface area contributed by atoms with Gasteiger partial charge in [0.1, 0.15) is 5.54 Å². The van der Waals surface area contributed by atoms with Gasteiger partial charge in [-0.05, 0) is 32.6 Å². The monoisotopic (exact) mass is 271 g/mol. The van der Waals surface area contributed by atoms with Gasteiger partial charge in [0.05, 0.1) is 12.7 Å². The summed E-state index contributed by atoms with van der Waals surface area (Å²) in [7, 11) is 0. The van der Waals surface area contributed by atoms with Crippen LogP contribution in [0.5, 0.6) is 0 Å². The third-order valence-corrected chi connectivity index (χ3v) is 3.96. The summed E-state index contributed by atoms with van der Waals surface area (Å²) in [5, 5.41) is 3.50. The van der Waals surface area contributed by atoms with Crippen LogP contribution in [0.3, 0.4) is 0 Å². The third-order valence-electron chi connectivity index (χ3n) is 3.96. The first kappa shape index (κ1) is 16.4. The maximum absolute atomic E-state index is 12.4. The molecule has 0 amide bonds. The number of ether oxygens (including phenoxy) is 2. The van der Waals surface area contributed by atoms with Crippen LogP contribution in [-0.4, -0.2) is 36.9 Å². The van der Waals surface area contributed by atoms with E-state index in [0.717, 1.165) is 6.42 Å². The van der Waals surface area contributed by atoms with Gasteiger partial charge in [0, 0.05) is 19.1 Å². The van der Waals surface area contributed by atoms with Crippen molar-refractivity contribution < 1.29 is 14.3 Å². The summed E-state index contributed by atoms with van der Waals surface area (Å²) in [5.41, 5.74) is -0.571. The molecule has 4 heteroatoms. The van der Waals surface area contributed by atoms with Crippen LogP contribution < -0.4 is 5.32 Å². The highest BCUT2D eigenvalue weighted by Gasteiger charge is 2.45. The number of nitrogens with one attached hydrogen (secondary N) is 1. The van der Waals surface area contributed by atoms with Gasteiger partial charge in [0.2, 0.25) is 0 Å². The molecule has 0 aromatic rings. The van der Waals surface area contributed by atoms with Crippen LogP contribution >= 0.6 is 0 Å². The molecule has 0 saturated carbocycles. The van der Waals surface area contributed by atoms with E-state index in [4.69, 9.17) is 9.47 Å². The Balaban J connectivity index is 2.87. The van der Waals surface area contributed by atoms with Crippen molar-refractivity contribution in [3.05, 3.63) is 0 Å². The van der Waals surface area contributed by atoms with Gasteiger partial charge in [-0.15, -0.1) is 0 Å². The average molecular weight is 271 g/mol. The fraction of sp³-hybridized carbons (Fsp3) is 0.933. The first-order chi connectivity index (χ1) is 8.95. The number of carbonyl (C=O) groups excluding carboxylic acids is 1. The van der Waals surface area contributed by atoms with Crippen LogP contribution in [0.2, 0.25) is 0 Å². The quantitative estimate of drug-likeness (QED) is 0.754. The third kappa shape index (κ3) is 4.18. The lowest BCUT2D eigenvalue weighted by atomic mass is 9.82. The fourth-order valence-electron chi connectivity index (χ4n) is 2.54. The molecule has 1 aliphatic heterocycles. The second-order valence-electron chi connectivity index (χ2n) is 5.86. The van der Waals surface area contributed by atoms with Crippen LogP contribution in [0.4, 0.5) is 0 Å². The maximum atomic E-state index is 12.4. The largest absolute Gasteiger partial charge is 0.465 e. The molecular formula is C15H29NO3. The molecule has 1 rings (SSSR count). The lowest BCUT2D eigenvalue weighted by molar-refractivity contribution is -0.160. The molecule has 0 radical (unpaired) electrons. The molecule has 19 heavy (non-hydrogen) atoms. The molecule has 0 aromatic heterocycles. The van der Waals surface area contributed by atoms with Gasteiger partial charge in [-0.3, -0.25) is 10.1 Å².